The summed E-state index contributed by atoms with van der Waals surface area (Å²) >= 11 is 3.27. The zero-order chi connectivity index (χ0) is 15.9. The van der Waals surface area contributed by atoms with Crippen LogP contribution in [0.2, 0.25) is 0 Å². The van der Waals surface area contributed by atoms with E-state index in [2.05, 4.69) is 20.7 Å². The van der Waals surface area contributed by atoms with E-state index in [9.17, 15) is 8.42 Å². The third kappa shape index (κ3) is 6.44. The van der Waals surface area contributed by atoms with Crippen LogP contribution in [-0.4, -0.2) is 27.7 Å². The molecule has 0 aliphatic heterocycles. The van der Waals surface area contributed by atoms with Gasteiger partial charge in [0.05, 0.1) is 11.0 Å². The van der Waals surface area contributed by atoms with Crippen molar-refractivity contribution in [3.05, 3.63) is 28.2 Å². The molecule has 0 spiro atoms. The van der Waals surface area contributed by atoms with E-state index >= 15 is 0 Å². The molecule has 120 valence electrons. The SMILES string of the molecule is CC(C)OCCCCNS(=O)(=O)c1cc(CN)ccc1Br. The van der Waals surface area contributed by atoms with Crippen molar-refractivity contribution >= 4 is 26.0 Å². The molecule has 3 N–H and O–H groups in total. The maximum absolute atomic E-state index is 12.2. The first kappa shape index (κ1) is 18.6. The Hall–Kier alpha value is -0.470. The highest BCUT2D eigenvalue weighted by Gasteiger charge is 2.17. The summed E-state index contributed by atoms with van der Waals surface area (Å²) in [6.07, 6.45) is 1.77. The maximum atomic E-state index is 12.2. The van der Waals surface area contributed by atoms with Crippen LogP contribution in [0.25, 0.3) is 0 Å². The molecular formula is C14H23BrN2O3S. The molecule has 1 aromatic rings. The van der Waals surface area contributed by atoms with Crippen LogP contribution in [0.5, 0.6) is 0 Å². The molecule has 0 radical (unpaired) electrons. The third-order valence-electron chi connectivity index (χ3n) is 2.84. The molecule has 0 atom stereocenters. The Balaban J connectivity index is 2.54. The topological polar surface area (TPSA) is 81.4 Å². The van der Waals surface area contributed by atoms with Gasteiger partial charge in [-0.2, -0.15) is 0 Å². The minimum atomic E-state index is -3.52. The predicted octanol–water partition coefficient (Wildman–Crippen LogP) is 2.39. The number of unbranched alkanes of at least 4 members (excludes halogenated alkanes) is 1. The van der Waals surface area contributed by atoms with Gasteiger partial charge in [0.2, 0.25) is 10.0 Å². The number of ether oxygens (including phenoxy) is 1. The lowest BCUT2D eigenvalue weighted by Gasteiger charge is -2.10. The average Bonchev–Trinajstić information content (AvgIpc) is 2.42. The highest BCUT2D eigenvalue weighted by atomic mass is 79.9. The van der Waals surface area contributed by atoms with E-state index in [0.29, 0.717) is 24.2 Å². The molecule has 21 heavy (non-hydrogen) atoms. The molecule has 0 fully saturated rings. The van der Waals surface area contributed by atoms with Crippen LogP contribution in [-0.2, 0) is 21.3 Å². The fourth-order valence-corrected chi connectivity index (χ4v) is 3.80. The summed E-state index contributed by atoms with van der Waals surface area (Å²) < 4.78 is 33.0. The average molecular weight is 379 g/mol. The van der Waals surface area contributed by atoms with Crippen molar-refractivity contribution in [3.63, 3.8) is 0 Å². The summed E-state index contributed by atoms with van der Waals surface area (Å²) in [5, 5.41) is 0. The number of hydrogen-bond acceptors (Lipinski definition) is 4. The molecule has 5 nitrogen and oxygen atoms in total. The van der Waals surface area contributed by atoms with Gasteiger partial charge in [0.25, 0.3) is 0 Å². The van der Waals surface area contributed by atoms with Crippen LogP contribution < -0.4 is 10.5 Å². The molecule has 1 rings (SSSR count). The number of benzene rings is 1. The van der Waals surface area contributed by atoms with Gasteiger partial charge in [-0.1, -0.05) is 6.07 Å². The Kier molecular flexibility index (Phi) is 7.83. The molecule has 0 unspecified atom stereocenters. The van der Waals surface area contributed by atoms with Crippen molar-refractivity contribution < 1.29 is 13.2 Å². The molecule has 0 amide bonds. The summed E-state index contributed by atoms with van der Waals surface area (Å²) in [5.74, 6) is 0. The first-order valence-electron chi connectivity index (χ1n) is 6.96. The van der Waals surface area contributed by atoms with Crippen LogP contribution in [0.1, 0.15) is 32.3 Å². The number of sulfonamides is 1. The van der Waals surface area contributed by atoms with Gasteiger partial charge < -0.3 is 10.5 Å². The van der Waals surface area contributed by atoms with E-state index < -0.39 is 10.0 Å². The van der Waals surface area contributed by atoms with Gasteiger partial charge in [-0.3, -0.25) is 0 Å². The molecule has 0 aliphatic carbocycles. The normalized spacial score (nSPS) is 12.0. The van der Waals surface area contributed by atoms with Crippen molar-refractivity contribution in [1.29, 1.82) is 0 Å². The molecular weight excluding hydrogens is 356 g/mol. The minimum absolute atomic E-state index is 0.205. The lowest BCUT2D eigenvalue weighted by atomic mass is 10.2. The molecule has 0 heterocycles. The zero-order valence-corrected chi connectivity index (χ0v) is 14.8. The maximum Gasteiger partial charge on any atom is 0.241 e. The number of rotatable bonds is 9. The second-order valence-electron chi connectivity index (χ2n) is 4.99. The lowest BCUT2D eigenvalue weighted by Crippen LogP contribution is -2.25. The molecule has 0 saturated carbocycles. The Bertz CT molecular complexity index is 547. The van der Waals surface area contributed by atoms with Crippen molar-refractivity contribution in [1.82, 2.24) is 4.72 Å². The second-order valence-corrected chi connectivity index (χ2v) is 7.58. The molecule has 0 aromatic heterocycles. The summed E-state index contributed by atoms with van der Waals surface area (Å²) in [7, 11) is -3.52. The van der Waals surface area contributed by atoms with Gasteiger partial charge in [0, 0.05) is 24.2 Å². The van der Waals surface area contributed by atoms with Crippen molar-refractivity contribution in [2.24, 2.45) is 5.73 Å². The van der Waals surface area contributed by atoms with E-state index in [0.717, 1.165) is 18.4 Å². The Morgan fingerprint density at radius 2 is 2.05 bits per heavy atom. The zero-order valence-electron chi connectivity index (χ0n) is 12.4. The Morgan fingerprint density at radius 3 is 2.67 bits per heavy atom. The smallest absolute Gasteiger partial charge is 0.241 e. The fourth-order valence-electron chi connectivity index (χ4n) is 1.71. The number of hydrogen-bond donors (Lipinski definition) is 2. The Labute approximate surface area is 135 Å². The van der Waals surface area contributed by atoms with Gasteiger partial charge in [-0.15, -0.1) is 0 Å². The van der Waals surface area contributed by atoms with Crippen molar-refractivity contribution in [3.8, 4) is 0 Å². The van der Waals surface area contributed by atoms with Gasteiger partial charge >= 0.3 is 0 Å². The fraction of sp³-hybridized carbons (Fsp3) is 0.571. The van der Waals surface area contributed by atoms with Gasteiger partial charge in [-0.05, 0) is 60.3 Å². The predicted molar refractivity (Wildman–Crippen MR) is 87.5 cm³/mol. The number of nitrogens with one attached hydrogen (secondary N) is 1. The van der Waals surface area contributed by atoms with Crippen molar-refractivity contribution in [2.75, 3.05) is 13.2 Å². The highest BCUT2D eigenvalue weighted by Crippen LogP contribution is 2.23. The highest BCUT2D eigenvalue weighted by molar-refractivity contribution is 9.10. The van der Waals surface area contributed by atoms with Crippen molar-refractivity contribution in [2.45, 2.75) is 44.2 Å². The van der Waals surface area contributed by atoms with Crippen LogP contribution in [0.4, 0.5) is 0 Å². The first-order valence-corrected chi connectivity index (χ1v) is 9.24. The standard InChI is InChI=1S/C14H23BrN2O3S/c1-11(2)20-8-4-3-7-17-21(18,19)14-9-12(10-16)5-6-13(14)15/h5-6,9,11,17H,3-4,7-8,10,16H2,1-2H3. The molecule has 7 heteroatoms. The van der Waals surface area contributed by atoms with Crippen LogP contribution >= 0.6 is 15.9 Å². The minimum Gasteiger partial charge on any atom is -0.379 e. The third-order valence-corrected chi connectivity index (χ3v) is 5.29. The second kappa shape index (κ2) is 8.85. The van der Waals surface area contributed by atoms with Gasteiger partial charge in [0.1, 0.15) is 0 Å². The largest absolute Gasteiger partial charge is 0.379 e. The monoisotopic (exact) mass is 378 g/mol. The lowest BCUT2D eigenvalue weighted by molar-refractivity contribution is 0.0762. The number of nitrogens with two attached hydrogens (primary N) is 1. The van der Waals surface area contributed by atoms with Gasteiger partial charge in [-0.25, -0.2) is 13.1 Å². The molecule has 1 aromatic carbocycles. The molecule has 0 saturated heterocycles. The van der Waals surface area contributed by atoms with Crippen LogP contribution in [0.3, 0.4) is 0 Å². The summed E-state index contributed by atoms with van der Waals surface area (Å²) in [4.78, 5) is 0.226. The van der Waals surface area contributed by atoms with Crippen LogP contribution in [0, 0.1) is 0 Å². The summed E-state index contributed by atoms with van der Waals surface area (Å²) in [5.41, 5.74) is 6.33. The summed E-state index contributed by atoms with van der Waals surface area (Å²) in [6.45, 7) is 5.30. The van der Waals surface area contributed by atoms with E-state index in [1.165, 1.54) is 0 Å². The van der Waals surface area contributed by atoms with Gasteiger partial charge in [0.15, 0.2) is 0 Å². The molecule has 0 bridgehead atoms. The van der Waals surface area contributed by atoms with E-state index in [1.54, 1.807) is 18.2 Å². The first-order chi connectivity index (χ1) is 9.86. The van der Waals surface area contributed by atoms with E-state index in [1.807, 2.05) is 13.8 Å². The molecule has 0 aliphatic rings. The van der Waals surface area contributed by atoms with Crippen LogP contribution in [0.15, 0.2) is 27.6 Å². The van der Waals surface area contributed by atoms with E-state index in [-0.39, 0.29) is 11.0 Å². The number of halogens is 1. The van der Waals surface area contributed by atoms with E-state index in [4.69, 9.17) is 10.5 Å². The quantitative estimate of drug-likeness (QED) is 0.646. The summed E-state index contributed by atoms with van der Waals surface area (Å²) in [6, 6.07) is 5.09. The Morgan fingerprint density at radius 1 is 1.33 bits per heavy atom.